The molecule has 0 atom stereocenters. The third kappa shape index (κ3) is 4.58. The van der Waals surface area contributed by atoms with E-state index in [1.165, 1.54) is 37.5 Å². The highest BCUT2D eigenvalue weighted by atomic mass is 32.2. The van der Waals surface area contributed by atoms with Crippen LogP contribution < -0.4 is 5.32 Å². The van der Waals surface area contributed by atoms with E-state index in [1.54, 1.807) is 0 Å². The molecule has 3 rings (SSSR count). The summed E-state index contributed by atoms with van der Waals surface area (Å²) in [6.07, 6.45) is 0. The van der Waals surface area contributed by atoms with Crippen LogP contribution >= 0.6 is 11.3 Å². The number of esters is 1. The minimum atomic E-state index is -3.91. The molecule has 1 amide bonds. The second kappa shape index (κ2) is 8.78. The normalized spacial score (nSPS) is 11.5. The Hall–Kier alpha value is -3.02. The van der Waals surface area contributed by atoms with Crippen molar-refractivity contribution in [3.8, 4) is 10.6 Å². The van der Waals surface area contributed by atoms with Gasteiger partial charge in [-0.25, -0.2) is 18.2 Å². The Bertz CT molecular complexity index is 1170. The van der Waals surface area contributed by atoms with Gasteiger partial charge in [-0.05, 0) is 17.7 Å². The molecule has 30 heavy (non-hydrogen) atoms. The largest absolute Gasteiger partial charge is 0.464 e. The Morgan fingerprint density at radius 1 is 1.23 bits per heavy atom. The molecule has 0 fully saturated rings. The number of aromatic nitrogens is 1. The number of nitrogens with zero attached hydrogens (tertiary/aromatic N) is 2. The van der Waals surface area contributed by atoms with E-state index >= 15 is 0 Å². The molecule has 2 heterocycles. The number of furan rings is 1. The van der Waals surface area contributed by atoms with Gasteiger partial charge in [0, 0.05) is 21.9 Å². The molecule has 11 heteroatoms. The van der Waals surface area contributed by atoms with Crippen LogP contribution in [-0.4, -0.2) is 43.7 Å². The number of amides is 1. The Kier molecular flexibility index (Phi) is 6.34. The zero-order chi connectivity index (χ0) is 21.9. The number of nitrogens with one attached hydrogen (secondary N) is 1. The van der Waals surface area contributed by atoms with Crippen molar-refractivity contribution < 1.29 is 28.6 Å². The van der Waals surface area contributed by atoms with Crippen molar-refractivity contribution in [1.82, 2.24) is 9.29 Å². The van der Waals surface area contributed by atoms with Gasteiger partial charge in [0.15, 0.2) is 10.8 Å². The predicted molar refractivity (Wildman–Crippen MR) is 113 cm³/mol. The molecule has 0 saturated heterocycles. The lowest BCUT2D eigenvalue weighted by Crippen LogP contribution is -2.26. The van der Waals surface area contributed by atoms with E-state index in [0.717, 1.165) is 16.9 Å². The zero-order valence-corrected chi connectivity index (χ0v) is 18.0. The van der Waals surface area contributed by atoms with Gasteiger partial charge in [-0.1, -0.05) is 41.7 Å². The molecular weight excluding hydrogens is 430 g/mol. The highest BCUT2D eigenvalue weighted by Gasteiger charge is 2.28. The number of anilines is 1. The van der Waals surface area contributed by atoms with Crippen LogP contribution in [0, 0.1) is 0 Å². The quantitative estimate of drug-likeness (QED) is 0.548. The van der Waals surface area contributed by atoms with Gasteiger partial charge < -0.3 is 14.5 Å². The van der Waals surface area contributed by atoms with Crippen molar-refractivity contribution in [3.63, 3.8) is 0 Å². The summed E-state index contributed by atoms with van der Waals surface area (Å²) in [5.74, 6) is -0.979. The summed E-state index contributed by atoms with van der Waals surface area (Å²) in [4.78, 5) is 27.7. The minimum absolute atomic E-state index is 0. The van der Waals surface area contributed by atoms with Crippen LogP contribution in [0.4, 0.5) is 5.13 Å². The monoisotopic (exact) mass is 451 g/mol. The van der Waals surface area contributed by atoms with Crippen molar-refractivity contribution >= 4 is 38.4 Å². The maximum atomic E-state index is 12.9. The fourth-order valence-electron chi connectivity index (χ4n) is 2.59. The Morgan fingerprint density at radius 3 is 2.57 bits per heavy atom. The first-order valence-electron chi connectivity index (χ1n) is 8.69. The maximum absolute atomic E-state index is 12.9. The van der Waals surface area contributed by atoms with E-state index in [2.05, 4.69) is 10.3 Å². The standard InChI is InChI=1S/C19H19N3O6S2.H2/c1-12(23)20-19-21-16(18(24)27-3)17(29-19)14-9-10-15(28-14)30(25,26)22(2)11-13-7-5-4-6-8-13;/h4-10H,11H2,1-3H3,(H,20,21,23);1H. The molecule has 0 bridgehead atoms. The van der Waals surface area contributed by atoms with Gasteiger partial charge >= 0.3 is 5.97 Å². The van der Waals surface area contributed by atoms with E-state index in [-0.39, 0.29) is 40.4 Å². The number of carbonyl (C=O) groups is 2. The van der Waals surface area contributed by atoms with Gasteiger partial charge in [0.2, 0.25) is 11.0 Å². The highest BCUT2D eigenvalue weighted by Crippen LogP contribution is 2.36. The second-order valence-corrected chi connectivity index (χ2v) is 9.21. The average Bonchev–Trinajstić information content (AvgIpc) is 3.35. The Labute approximate surface area is 178 Å². The van der Waals surface area contributed by atoms with Gasteiger partial charge in [-0.2, -0.15) is 4.31 Å². The fourth-order valence-corrected chi connectivity index (χ4v) is 4.61. The van der Waals surface area contributed by atoms with Gasteiger partial charge in [-0.3, -0.25) is 4.79 Å². The molecule has 3 aromatic rings. The first-order chi connectivity index (χ1) is 14.2. The number of hydrogen-bond acceptors (Lipinski definition) is 8. The van der Waals surface area contributed by atoms with Crippen molar-refractivity contribution in [2.24, 2.45) is 0 Å². The lowest BCUT2D eigenvalue weighted by atomic mass is 10.2. The third-order valence-corrected chi connectivity index (χ3v) is 6.67. The third-order valence-electron chi connectivity index (χ3n) is 4.01. The average molecular weight is 452 g/mol. The summed E-state index contributed by atoms with van der Waals surface area (Å²) >= 11 is 0.974. The lowest BCUT2D eigenvalue weighted by molar-refractivity contribution is -0.114. The molecule has 0 spiro atoms. The van der Waals surface area contributed by atoms with Gasteiger partial charge in [0.05, 0.1) is 7.11 Å². The lowest BCUT2D eigenvalue weighted by Gasteiger charge is -2.15. The van der Waals surface area contributed by atoms with Gasteiger partial charge in [0.25, 0.3) is 10.0 Å². The summed E-state index contributed by atoms with van der Waals surface area (Å²) in [5.41, 5.74) is 0.743. The number of benzene rings is 1. The number of thiazole rings is 1. The zero-order valence-electron chi connectivity index (χ0n) is 16.4. The molecular formula is C19H21N3O6S2. The van der Waals surface area contributed by atoms with Crippen LogP contribution in [0.15, 0.2) is 52.0 Å². The van der Waals surface area contributed by atoms with Crippen LogP contribution in [0.1, 0.15) is 24.4 Å². The van der Waals surface area contributed by atoms with Crippen LogP contribution in [0.3, 0.4) is 0 Å². The van der Waals surface area contributed by atoms with E-state index in [9.17, 15) is 18.0 Å². The Morgan fingerprint density at radius 2 is 1.93 bits per heavy atom. The first kappa shape index (κ1) is 21.7. The Balaban J connectivity index is 0.00000341. The molecule has 0 saturated carbocycles. The van der Waals surface area contributed by atoms with Crippen molar-refractivity contribution in [3.05, 3.63) is 53.7 Å². The summed E-state index contributed by atoms with van der Waals surface area (Å²) in [5, 5.41) is 2.38. The number of hydrogen-bond donors (Lipinski definition) is 1. The summed E-state index contributed by atoms with van der Waals surface area (Å²) < 4.78 is 37.2. The fraction of sp³-hybridized carbons (Fsp3) is 0.211. The van der Waals surface area contributed by atoms with E-state index < -0.39 is 16.0 Å². The first-order valence-corrected chi connectivity index (χ1v) is 10.9. The van der Waals surface area contributed by atoms with Crippen LogP contribution in [0.2, 0.25) is 0 Å². The number of sulfonamides is 1. The molecule has 0 unspecified atom stereocenters. The minimum Gasteiger partial charge on any atom is -0.464 e. The molecule has 0 aliphatic carbocycles. The van der Waals surface area contributed by atoms with E-state index in [4.69, 9.17) is 9.15 Å². The van der Waals surface area contributed by atoms with Crippen LogP contribution in [0.25, 0.3) is 10.6 Å². The molecule has 2 aromatic heterocycles. The number of methoxy groups -OCH3 is 1. The smallest absolute Gasteiger partial charge is 0.358 e. The van der Waals surface area contributed by atoms with Crippen molar-refractivity contribution in [2.75, 3.05) is 19.5 Å². The predicted octanol–water partition coefficient (Wildman–Crippen LogP) is 3.21. The van der Waals surface area contributed by atoms with E-state index in [0.29, 0.717) is 0 Å². The summed E-state index contributed by atoms with van der Waals surface area (Å²) in [7, 11) is -1.27. The number of carbonyl (C=O) groups excluding carboxylic acids is 2. The van der Waals surface area contributed by atoms with E-state index in [1.807, 2.05) is 30.3 Å². The van der Waals surface area contributed by atoms with Crippen molar-refractivity contribution in [2.45, 2.75) is 18.6 Å². The van der Waals surface area contributed by atoms with Gasteiger partial charge in [-0.15, -0.1) is 0 Å². The summed E-state index contributed by atoms with van der Waals surface area (Å²) in [6, 6.07) is 11.9. The molecule has 160 valence electrons. The summed E-state index contributed by atoms with van der Waals surface area (Å²) in [6.45, 7) is 1.47. The van der Waals surface area contributed by atoms with Gasteiger partial charge in [0.1, 0.15) is 10.6 Å². The van der Waals surface area contributed by atoms with Crippen LogP contribution in [-0.2, 0) is 26.1 Å². The molecule has 0 aliphatic rings. The molecule has 0 aliphatic heterocycles. The van der Waals surface area contributed by atoms with Crippen LogP contribution in [0.5, 0.6) is 0 Å². The second-order valence-electron chi connectivity index (χ2n) is 6.23. The number of rotatable bonds is 7. The maximum Gasteiger partial charge on any atom is 0.358 e. The molecule has 1 aromatic carbocycles. The van der Waals surface area contributed by atoms with Crippen molar-refractivity contribution in [1.29, 1.82) is 0 Å². The topological polar surface area (TPSA) is 119 Å². The highest BCUT2D eigenvalue weighted by molar-refractivity contribution is 7.88. The molecule has 1 N–H and O–H groups in total. The SMILES string of the molecule is COC(=O)c1nc(NC(C)=O)sc1-c1ccc(S(=O)(=O)N(C)Cc2ccccc2)o1.[HH]. The molecule has 0 radical (unpaired) electrons. The number of ether oxygens (including phenoxy) is 1. The molecule has 9 nitrogen and oxygen atoms in total.